The maximum Gasteiger partial charge on any atom is 0.219 e. The number of nitrogens with zero attached hydrogens (tertiary/aromatic N) is 1. The van der Waals surface area contributed by atoms with Gasteiger partial charge in [-0.05, 0) is 30.2 Å². The van der Waals surface area contributed by atoms with Crippen LogP contribution >= 0.6 is 0 Å². The molecule has 0 bridgehead atoms. The number of aryl methyl sites for hydroxylation is 1. The highest BCUT2D eigenvalue weighted by atomic mass is 16.5. The van der Waals surface area contributed by atoms with Crippen LogP contribution in [0, 0.1) is 0 Å². The van der Waals surface area contributed by atoms with Crippen LogP contribution in [0.1, 0.15) is 28.5 Å². The number of carbonyl (C=O) groups excluding carboxylic acids is 1. The smallest absolute Gasteiger partial charge is 0.219 e. The van der Waals surface area contributed by atoms with Crippen molar-refractivity contribution in [3.05, 3.63) is 53.3 Å². The number of ether oxygens (including phenoxy) is 2. The maximum absolute atomic E-state index is 12.8. The molecule has 4 heteroatoms. The summed E-state index contributed by atoms with van der Waals surface area (Å²) in [6.45, 7) is 1.99. The number of pyridine rings is 1. The lowest BCUT2D eigenvalue weighted by Crippen LogP contribution is -2.10. The molecule has 0 aliphatic carbocycles. The second-order valence-corrected chi connectivity index (χ2v) is 4.23. The van der Waals surface area contributed by atoms with E-state index in [2.05, 4.69) is 4.98 Å². The van der Waals surface area contributed by atoms with Gasteiger partial charge in [0.1, 0.15) is 22.8 Å². The van der Waals surface area contributed by atoms with E-state index in [1.807, 2.05) is 19.1 Å². The van der Waals surface area contributed by atoms with Crippen molar-refractivity contribution in [2.24, 2.45) is 0 Å². The molecule has 0 atom stereocenters. The van der Waals surface area contributed by atoms with Gasteiger partial charge in [0.05, 0.1) is 14.2 Å². The number of benzene rings is 1. The van der Waals surface area contributed by atoms with Gasteiger partial charge in [-0.25, -0.2) is 0 Å². The van der Waals surface area contributed by atoms with Gasteiger partial charge in [0.25, 0.3) is 0 Å². The summed E-state index contributed by atoms with van der Waals surface area (Å²) in [7, 11) is 3.06. The van der Waals surface area contributed by atoms with Crippen LogP contribution in [-0.2, 0) is 6.42 Å². The van der Waals surface area contributed by atoms with Crippen LogP contribution in [-0.4, -0.2) is 25.0 Å². The third kappa shape index (κ3) is 2.50. The van der Waals surface area contributed by atoms with Gasteiger partial charge in [0, 0.05) is 6.20 Å². The number of hydrogen-bond donors (Lipinski definition) is 0. The van der Waals surface area contributed by atoms with E-state index >= 15 is 0 Å². The number of carbonyl (C=O) groups is 1. The molecule has 4 nitrogen and oxygen atoms in total. The predicted octanol–water partition coefficient (Wildman–Crippen LogP) is 2.89. The highest BCUT2D eigenvalue weighted by Gasteiger charge is 2.22. The molecule has 0 aliphatic rings. The molecule has 0 amide bonds. The van der Waals surface area contributed by atoms with Crippen LogP contribution in [0.2, 0.25) is 0 Å². The van der Waals surface area contributed by atoms with Crippen LogP contribution in [0.25, 0.3) is 0 Å². The molecule has 0 spiro atoms. The second kappa shape index (κ2) is 6.19. The summed E-state index contributed by atoms with van der Waals surface area (Å²) in [6.07, 6.45) is 2.36. The van der Waals surface area contributed by atoms with Gasteiger partial charge in [0.15, 0.2) is 0 Å². The first-order valence-electron chi connectivity index (χ1n) is 6.42. The fraction of sp³-hybridized carbons (Fsp3) is 0.250. The van der Waals surface area contributed by atoms with Gasteiger partial charge in [-0.3, -0.25) is 9.78 Å². The first kappa shape index (κ1) is 14.1. The van der Waals surface area contributed by atoms with Crippen molar-refractivity contribution in [3.63, 3.8) is 0 Å². The quantitative estimate of drug-likeness (QED) is 0.785. The lowest BCUT2D eigenvalue weighted by molar-refractivity contribution is 0.102. The maximum atomic E-state index is 12.8. The summed E-state index contributed by atoms with van der Waals surface area (Å²) in [6, 6.07) is 9.00. The van der Waals surface area contributed by atoms with Crippen LogP contribution in [0.3, 0.4) is 0 Å². The van der Waals surface area contributed by atoms with Crippen LogP contribution < -0.4 is 9.47 Å². The van der Waals surface area contributed by atoms with E-state index in [0.29, 0.717) is 22.8 Å². The first-order chi connectivity index (χ1) is 9.72. The van der Waals surface area contributed by atoms with Crippen LogP contribution in [0.5, 0.6) is 11.5 Å². The standard InChI is InChI=1S/C16H17NO3/c1-4-11-7-6-10-17-15(11)16(18)14-12(19-2)8-5-9-13(14)20-3/h5-10H,4H2,1-3H3. The summed E-state index contributed by atoms with van der Waals surface area (Å²) in [5.74, 6) is 0.792. The zero-order chi connectivity index (χ0) is 14.5. The van der Waals surface area contributed by atoms with E-state index in [0.717, 1.165) is 12.0 Å². The molecule has 1 heterocycles. The van der Waals surface area contributed by atoms with Crippen molar-refractivity contribution in [3.8, 4) is 11.5 Å². The zero-order valence-corrected chi connectivity index (χ0v) is 11.8. The van der Waals surface area contributed by atoms with Crippen molar-refractivity contribution < 1.29 is 14.3 Å². The summed E-state index contributed by atoms with van der Waals surface area (Å²) in [5.41, 5.74) is 1.76. The molecule has 0 unspecified atom stereocenters. The van der Waals surface area contributed by atoms with Gasteiger partial charge < -0.3 is 9.47 Å². The van der Waals surface area contributed by atoms with Gasteiger partial charge in [0.2, 0.25) is 5.78 Å². The average Bonchev–Trinajstić information content (AvgIpc) is 2.53. The van der Waals surface area contributed by atoms with E-state index < -0.39 is 0 Å². The van der Waals surface area contributed by atoms with E-state index in [1.165, 1.54) is 14.2 Å². The summed E-state index contributed by atoms with van der Waals surface area (Å²) < 4.78 is 10.6. The summed E-state index contributed by atoms with van der Waals surface area (Å²) in [4.78, 5) is 17.0. The van der Waals surface area contributed by atoms with E-state index in [1.54, 1.807) is 24.4 Å². The lowest BCUT2D eigenvalue weighted by Gasteiger charge is -2.13. The normalized spacial score (nSPS) is 10.2. The van der Waals surface area contributed by atoms with Crippen LogP contribution in [0.15, 0.2) is 36.5 Å². The minimum absolute atomic E-state index is 0.184. The second-order valence-electron chi connectivity index (χ2n) is 4.23. The molecule has 0 fully saturated rings. The first-order valence-corrected chi connectivity index (χ1v) is 6.42. The summed E-state index contributed by atoms with van der Waals surface area (Å²) in [5, 5.41) is 0. The Morgan fingerprint density at radius 1 is 1.10 bits per heavy atom. The largest absolute Gasteiger partial charge is 0.496 e. The molecular weight excluding hydrogens is 254 g/mol. The highest BCUT2D eigenvalue weighted by Crippen LogP contribution is 2.30. The third-order valence-electron chi connectivity index (χ3n) is 3.14. The van der Waals surface area contributed by atoms with Gasteiger partial charge in [-0.2, -0.15) is 0 Å². The molecule has 1 aromatic carbocycles. The number of ketones is 1. The lowest BCUT2D eigenvalue weighted by atomic mass is 10.0. The van der Waals surface area contributed by atoms with Crippen molar-refractivity contribution in [1.82, 2.24) is 4.98 Å². The number of aromatic nitrogens is 1. The Kier molecular flexibility index (Phi) is 4.35. The van der Waals surface area contributed by atoms with Crippen molar-refractivity contribution in [2.45, 2.75) is 13.3 Å². The molecule has 0 aliphatic heterocycles. The Bertz CT molecular complexity index is 601. The Morgan fingerprint density at radius 2 is 1.75 bits per heavy atom. The van der Waals surface area contributed by atoms with Crippen LogP contribution in [0.4, 0.5) is 0 Å². The van der Waals surface area contributed by atoms with Gasteiger partial charge in [-0.15, -0.1) is 0 Å². The Labute approximate surface area is 118 Å². The Balaban J connectivity index is 2.58. The zero-order valence-electron chi connectivity index (χ0n) is 11.8. The molecule has 2 aromatic rings. The van der Waals surface area contributed by atoms with Crippen molar-refractivity contribution >= 4 is 5.78 Å². The monoisotopic (exact) mass is 271 g/mol. The molecule has 0 N–H and O–H groups in total. The molecule has 1 aromatic heterocycles. The van der Waals surface area contributed by atoms with E-state index in [9.17, 15) is 4.79 Å². The van der Waals surface area contributed by atoms with Gasteiger partial charge >= 0.3 is 0 Å². The SMILES string of the molecule is CCc1cccnc1C(=O)c1c(OC)cccc1OC. The Morgan fingerprint density at radius 3 is 2.30 bits per heavy atom. The molecule has 0 saturated heterocycles. The number of hydrogen-bond acceptors (Lipinski definition) is 4. The fourth-order valence-corrected chi connectivity index (χ4v) is 2.12. The topological polar surface area (TPSA) is 48.4 Å². The van der Waals surface area contributed by atoms with Crippen molar-refractivity contribution in [2.75, 3.05) is 14.2 Å². The molecule has 20 heavy (non-hydrogen) atoms. The van der Waals surface area contributed by atoms with Crippen molar-refractivity contribution in [1.29, 1.82) is 0 Å². The van der Waals surface area contributed by atoms with E-state index in [-0.39, 0.29) is 5.78 Å². The minimum Gasteiger partial charge on any atom is -0.496 e. The third-order valence-corrected chi connectivity index (χ3v) is 3.14. The molecule has 0 radical (unpaired) electrons. The minimum atomic E-state index is -0.184. The molecular formula is C16H17NO3. The fourth-order valence-electron chi connectivity index (χ4n) is 2.12. The molecule has 104 valence electrons. The highest BCUT2D eigenvalue weighted by molar-refractivity contribution is 6.12. The number of methoxy groups -OCH3 is 2. The van der Waals surface area contributed by atoms with E-state index in [4.69, 9.17) is 9.47 Å². The molecule has 0 saturated carbocycles. The average molecular weight is 271 g/mol. The Hall–Kier alpha value is -2.36. The predicted molar refractivity (Wildman–Crippen MR) is 76.6 cm³/mol. The summed E-state index contributed by atoms with van der Waals surface area (Å²) >= 11 is 0. The number of rotatable bonds is 5. The van der Waals surface area contributed by atoms with Gasteiger partial charge in [-0.1, -0.05) is 19.1 Å². The molecule has 2 rings (SSSR count).